The van der Waals surface area contributed by atoms with Crippen molar-refractivity contribution in [1.29, 1.82) is 0 Å². The monoisotopic (exact) mass is 403 g/mol. The summed E-state index contributed by atoms with van der Waals surface area (Å²) in [6, 6.07) is 1.88. The van der Waals surface area contributed by atoms with Gasteiger partial charge in [0.25, 0.3) is 5.91 Å². The van der Waals surface area contributed by atoms with Gasteiger partial charge in [0.15, 0.2) is 11.4 Å². The first kappa shape index (κ1) is 16.3. The second-order valence-corrected chi connectivity index (χ2v) is 7.48. The van der Waals surface area contributed by atoms with Crippen LogP contribution in [0.2, 0.25) is 0 Å². The molecule has 1 aliphatic rings. The Hall–Kier alpha value is -2.22. The van der Waals surface area contributed by atoms with Crippen molar-refractivity contribution in [3.05, 3.63) is 46.1 Å². The molecule has 1 atom stereocenters. The summed E-state index contributed by atoms with van der Waals surface area (Å²) in [6.45, 7) is 4.83. The van der Waals surface area contributed by atoms with Gasteiger partial charge in [-0.2, -0.15) is 5.10 Å². The van der Waals surface area contributed by atoms with E-state index in [9.17, 15) is 4.79 Å². The molecule has 3 aromatic rings. The van der Waals surface area contributed by atoms with Crippen LogP contribution in [-0.2, 0) is 0 Å². The first-order valence-corrected chi connectivity index (χ1v) is 9.10. The molecule has 1 amide bonds. The highest BCUT2D eigenvalue weighted by Gasteiger charge is 2.34. The highest BCUT2D eigenvalue weighted by molar-refractivity contribution is 9.10. The quantitative estimate of drug-likeness (QED) is 0.667. The van der Waals surface area contributed by atoms with Crippen LogP contribution >= 0.6 is 15.9 Å². The average molecular weight is 404 g/mol. The van der Waals surface area contributed by atoms with Crippen molar-refractivity contribution in [2.24, 2.45) is 0 Å². The Morgan fingerprint density at radius 3 is 3.00 bits per heavy atom. The van der Waals surface area contributed by atoms with Crippen molar-refractivity contribution >= 4 is 27.5 Å². The zero-order chi connectivity index (χ0) is 17.6. The standard InChI is InChI=1S/C17H18BrN5O2/c1-10(2)13-6-15(25-21-13)14-4-3-5-22(14)17(24)12-8-20-23-9-11(18)7-19-16(12)23/h6-10,14H,3-5H2,1-2H3. The number of amides is 1. The van der Waals surface area contributed by atoms with Crippen molar-refractivity contribution in [3.8, 4) is 0 Å². The summed E-state index contributed by atoms with van der Waals surface area (Å²) < 4.78 is 7.94. The van der Waals surface area contributed by atoms with Crippen LogP contribution in [0, 0.1) is 0 Å². The maximum absolute atomic E-state index is 13.1. The molecule has 1 aliphatic heterocycles. The van der Waals surface area contributed by atoms with Gasteiger partial charge < -0.3 is 9.42 Å². The molecule has 4 rings (SSSR count). The Balaban J connectivity index is 1.65. The van der Waals surface area contributed by atoms with Crippen molar-refractivity contribution in [2.45, 2.75) is 38.6 Å². The number of hydrogen-bond acceptors (Lipinski definition) is 5. The maximum atomic E-state index is 13.1. The predicted octanol–water partition coefficient (Wildman–Crippen LogP) is 3.58. The van der Waals surface area contributed by atoms with E-state index in [2.05, 4.69) is 45.0 Å². The predicted molar refractivity (Wildman–Crippen MR) is 94.3 cm³/mol. The van der Waals surface area contributed by atoms with Crippen LogP contribution in [0.5, 0.6) is 0 Å². The number of hydrogen-bond donors (Lipinski definition) is 0. The molecule has 0 bridgehead atoms. The van der Waals surface area contributed by atoms with Crippen molar-refractivity contribution in [3.63, 3.8) is 0 Å². The Morgan fingerprint density at radius 2 is 2.24 bits per heavy atom. The van der Waals surface area contributed by atoms with Gasteiger partial charge in [-0.05, 0) is 34.7 Å². The van der Waals surface area contributed by atoms with Gasteiger partial charge in [0.05, 0.1) is 22.4 Å². The first-order chi connectivity index (χ1) is 12.0. The third-order valence-electron chi connectivity index (χ3n) is 4.54. The summed E-state index contributed by atoms with van der Waals surface area (Å²) >= 11 is 3.36. The van der Waals surface area contributed by atoms with Gasteiger partial charge in [-0.1, -0.05) is 19.0 Å². The fourth-order valence-electron chi connectivity index (χ4n) is 3.20. The maximum Gasteiger partial charge on any atom is 0.259 e. The second kappa shape index (κ2) is 6.25. The second-order valence-electron chi connectivity index (χ2n) is 6.56. The van der Waals surface area contributed by atoms with Gasteiger partial charge in [-0.3, -0.25) is 4.79 Å². The fourth-order valence-corrected chi connectivity index (χ4v) is 3.49. The lowest BCUT2D eigenvalue weighted by atomic mass is 10.1. The summed E-state index contributed by atoms with van der Waals surface area (Å²) in [6.07, 6.45) is 6.84. The van der Waals surface area contributed by atoms with E-state index in [1.54, 1.807) is 23.1 Å². The minimum Gasteiger partial charge on any atom is -0.359 e. The molecule has 0 spiro atoms. The highest BCUT2D eigenvalue weighted by Crippen LogP contribution is 2.34. The topological polar surface area (TPSA) is 76.5 Å². The molecule has 0 aliphatic carbocycles. The van der Waals surface area contributed by atoms with E-state index in [-0.39, 0.29) is 11.9 Å². The van der Waals surface area contributed by atoms with Crippen LogP contribution in [0.3, 0.4) is 0 Å². The molecule has 0 saturated carbocycles. The van der Waals surface area contributed by atoms with Crippen LogP contribution in [0.4, 0.5) is 0 Å². The number of likely N-dealkylation sites (tertiary alicyclic amines) is 1. The van der Waals surface area contributed by atoms with E-state index >= 15 is 0 Å². The molecule has 1 saturated heterocycles. The number of carbonyl (C=O) groups is 1. The molecule has 1 fully saturated rings. The summed E-state index contributed by atoms with van der Waals surface area (Å²) in [7, 11) is 0. The van der Waals surface area contributed by atoms with Crippen LogP contribution in [0.1, 0.15) is 60.5 Å². The molecular formula is C17H18BrN5O2. The van der Waals surface area contributed by atoms with Crippen LogP contribution in [0.15, 0.2) is 33.7 Å². The highest BCUT2D eigenvalue weighted by atomic mass is 79.9. The number of rotatable bonds is 3. The van der Waals surface area contributed by atoms with Gasteiger partial charge in [0.1, 0.15) is 5.56 Å². The van der Waals surface area contributed by atoms with Crippen LogP contribution in [0.25, 0.3) is 5.65 Å². The molecular weight excluding hydrogens is 386 g/mol. The summed E-state index contributed by atoms with van der Waals surface area (Å²) in [5, 5.41) is 8.37. The molecule has 3 aromatic heterocycles. The van der Waals surface area contributed by atoms with Gasteiger partial charge >= 0.3 is 0 Å². The van der Waals surface area contributed by atoms with Gasteiger partial charge in [-0.15, -0.1) is 0 Å². The molecule has 7 nitrogen and oxygen atoms in total. The van der Waals surface area contributed by atoms with Gasteiger partial charge in [0.2, 0.25) is 0 Å². The number of nitrogens with zero attached hydrogens (tertiary/aromatic N) is 5. The largest absolute Gasteiger partial charge is 0.359 e. The van der Waals surface area contributed by atoms with E-state index in [1.165, 1.54) is 0 Å². The van der Waals surface area contributed by atoms with Gasteiger partial charge in [0, 0.05) is 25.0 Å². The molecule has 8 heteroatoms. The normalized spacial score (nSPS) is 17.8. The zero-order valence-electron chi connectivity index (χ0n) is 14.0. The zero-order valence-corrected chi connectivity index (χ0v) is 15.6. The average Bonchev–Trinajstić information content (AvgIpc) is 3.31. The van der Waals surface area contributed by atoms with Crippen molar-refractivity contribution < 1.29 is 9.32 Å². The lowest BCUT2D eigenvalue weighted by Gasteiger charge is -2.22. The Bertz CT molecular complexity index is 932. The summed E-state index contributed by atoms with van der Waals surface area (Å²) in [5.41, 5.74) is 1.97. The van der Waals surface area contributed by atoms with E-state index in [0.29, 0.717) is 23.7 Å². The first-order valence-electron chi connectivity index (χ1n) is 8.31. The van der Waals surface area contributed by atoms with Crippen molar-refractivity contribution in [1.82, 2.24) is 24.7 Å². The Labute approximate surface area is 153 Å². The van der Waals surface area contributed by atoms with E-state index in [4.69, 9.17) is 4.52 Å². The number of halogens is 1. The summed E-state index contributed by atoms with van der Waals surface area (Å²) in [4.78, 5) is 19.3. The van der Waals surface area contributed by atoms with Crippen LogP contribution in [-0.4, -0.2) is 37.1 Å². The Morgan fingerprint density at radius 1 is 1.40 bits per heavy atom. The molecule has 130 valence electrons. The molecule has 0 N–H and O–H groups in total. The minimum absolute atomic E-state index is 0.0742. The summed E-state index contributed by atoms with van der Waals surface area (Å²) in [5.74, 6) is 0.974. The number of fused-ring (bicyclic) bond motifs is 1. The molecule has 25 heavy (non-hydrogen) atoms. The molecule has 0 radical (unpaired) electrons. The lowest BCUT2D eigenvalue weighted by molar-refractivity contribution is 0.0716. The van der Waals surface area contributed by atoms with Gasteiger partial charge in [-0.25, -0.2) is 9.50 Å². The van der Waals surface area contributed by atoms with Crippen LogP contribution < -0.4 is 0 Å². The molecule has 1 unspecified atom stereocenters. The fraction of sp³-hybridized carbons (Fsp3) is 0.412. The third kappa shape index (κ3) is 2.84. The SMILES string of the molecule is CC(C)c1cc(C2CCCN2C(=O)c2cnn3cc(Br)cnc23)on1. The lowest BCUT2D eigenvalue weighted by Crippen LogP contribution is -2.30. The molecule has 4 heterocycles. The number of carbonyl (C=O) groups excluding carboxylic acids is 1. The Kier molecular flexibility index (Phi) is 4.07. The van der Waals surface area contributed by atoms with E-state index in [0.717, 1.165) is 28.8 Å². The number of aromatic nitrogens is 4. The van der Waals surface area contributed by atoms with E-state index < -0.39 is 0 Å². The van der Waals surface area contributed by atoms with Crippen molar-refractivity contribution in [2.75, 3.05) is 6.54 Å². The third-order valence-corrected chi connectivity index (χ3v) is 4.95. The molecule has 0 aromatic carbocycles. The minimum atomic E-state index is -0.0853. The smallest absolute Gasteiger partial charge is 0.259 e. The van der Waals surface area contributed by atoms with E-state index in [1.807, 2.05) is 11.0 Å².